The normalized spacial score (nSPS) is 13.2. The van der Waals surface area contributed by atoms with Gasteiger partial charge in [0.05, 0.1) is 0 Å². The Labute approximate surface area is 89.3 Å². The predicted molar refractivity (Wildman–Crippen MR) is 57.4 cm³/mol. The molecule has 1 nitrogen and oxygen atoms in total. The molecule has 0 fully saturated rings. The molecule has 0 saturated carbocycles. The summed E-state index contributed by atoms with van der Waals surface area (Å²) in [5, 5.41) is 0. The molecule has 0 amide bonds. The van der Waals surface area contributed by atoms with Crippen LogP contribution in [0.25, 0.3) is 0 Å². The Morgan fingerprint density at radius 3 is 2.47 bits per heavy atom. The smallest absolute Gasteiger partial charge is 0.128 e. The Hall–Kier alpha value is -0.960. The average molecular weight is 213 g/mol. The molecule has 1 rings (SSSR count). The Balaban J connectivity index is 2.72. The van der Waals surface area contributed by atoms with Crippen molar-refractivity contribution in [3.8, 4) is 0 Å². The maximum atomic E-state index is 13.3. The second-order valence-corrected chi connectivity index (χ2v) is 4.24. The van der Waals surface area contributed by atoms with E-state index in [1.54, 1.807) is 0 Å². The number of hydrogen-bond acceptors (Lipinski definition) is 1. The number of hydrogen-bond donors (Lipinski definition) is 1. The van der Waals surface area contributed by atoms with Crippen molar-refractivity contribution in [1.82, 2.24) is 0 Å². The first-order valence-corrected chi connectivity index (χ1v) is 5.21. The van der Waals surface area contributed by atoms with Crippen LogP contribution in [0.3, 0.4) is 0 Å². The summed E-state index contributed by atoms with van der Waals surface area (Å²) in [7, 11) is 0. The monoisotopic (exact) mass is 213 g/mol. The van der Waals surface area contributed by atoms with Crippen LogP contribution in [0.15, 0.2) is 18.2 Å². The predicted octanol–water partition coefficient (Wildman–Crippen LogP) is 3.40. The molecule has 3 heteroatoms. The van der Waals surface area contributed by atoms with Crippen molar-refractivity contribution in [3.05, 3.63) is 35.4 Å². The van der Waals surface area contributed by atoms with Gasteiger partial charge in [-0.3, -0.25) is 0 Å². The van der Waals surface area contributed by atoms with Gasteiger partial charge in [-0.15, -0.1) is 0 Å². The highest BCUT2D eigenvalue weighted by Gasteiger charge is 2.12. The topological polar surface area (TPSA) is 26.0 Å². The van der Waals surface area contributed by atoms with Crippen molar-refractivity contribution in [2.24, 2.45) is 11.7 Å². The molecule has 0 radical (unpaired) electrons. The summed E-state index contributed by atoms with van der Waals surface area (Å²) in [5.41, 5.74) is 6.08. The molecule has 0 heterocycles. The van der Waals surface area contributed by atoms with E-state index in [-0.39, 0.29) is 5.56 Å². The molecule has 1 aromatic rings. The first-order valence-electron chi connectivity index (χ1n) is 5.21. The van der Waals surface area contributed by atoms with Gasteiger partial charge in [-0.05, 0) is 37.0 Å². The fourth-order valence-electron chi connectivity index (χ4n) is 1.47. The highest BCUT2D eigenvalue weighted by atomic mass is 19.1. The maximum Gasteiger partial charge on any atom is 0.128 e. The lowest BCUT2D eigenvalue weighted by atomic mass is 9.98. The molecular formula is C12H17F2N. The molecule has 0 aliphatic heterocycles. The Kier molecular flexibility index (Phi) is 4.21. The minimum atomic E-state index is -0.439. The molecule has 0 aromatic heterocycles. The molecule has 1 aromatic carbocycles. The van der Waals surface area contributed by atoms with Gasteiger partial charge in [0, 0.05) is 11.6 Å². The summed E-state index contributed by atoms with van der Waals surface area (Å²) in [6.07, 6.45) is 1.59. The minimum Gasteiger partial charge on any atom is -0.324 e. The van der Waals surface area contributed by atoms with Crippen LogP contribution in [-0.2, 0) is 0 Å². The molecule has 0 unspecified atom stereocenters. The number of nitrogens with two attached hydrogens (primary N) is 1. The summed E-state index contributed by atoms with van der Waals surface area (Å²) in [4.78, 5) is 0. The molecule has 15 heavy (non-hydrogen) atoms. The summed E-state index contributed by atoms with van der Waals surface area (Å²) < 4.78 is 26.2. The Morgan fingerprint density at radius 1 is 1.20 bits per heavy atom. The van der Waals surface area contributed by atoms with E-state index in [2.05, 4.69) is 13.8 Å². The third kappa shape index (κ3) is 3.59. The first-order chi connectivity index (χ1) is 7.00. The minimum absolute atomic E-state index is 0.274. The molecule has 84 valence electrons. The fourth-order valence-corrected chi connectivity index (χ4v) is 1.47. The molecular weight excluding hydrogens is 196 g/mol. The standard InChI is InChI=1S/C12H17F2N/c1-8(2)3-6-12(15)10-7-9(13)4-5-11(10)14/h4-5,7-8,12H,3,6,15H2,1-2H3/t12-/m0/s1. The number of halogens is 2. The van der Waals surface area contributed by atoms with Crippen LogP contribution < -0.4 is 5.73 Å². The van der Waals surface area contributed by atoms with E-state index in [0.29, 0.717) is 12.3 Å². The second-order valence-electron chi connectivity index (χ2n) is 4.24. The van der Waals surface area contributed by atoms with Crippen LogP contribution in [0.1, 0.15) is 38.3 Å². The maximum absolute atomic E-state index is 13.3. The summed E-state index contributed by atoms with van der Waals surface area (Å²) >= 11 is 0. The van der Waals surface area contributed by atoms with Crippen LogP contribution in [0.4, 0.5) is 8.78 Å². The zero-order valence-electron chi connectivity index (χ0n) is 9.13. The zero-order valence-corrected chi connectivity index (χ0v) is 9.13. The van der Waals surface area contributed by atoms with Crippen molar-refractivity contribution in [2.45, 2.75) is 32.7 Å². The Morgan fingerprint density at radius 2 is 1.87 bits per heavy atom. The SMILES string of the molecule is CC(C)CC[C@H](N)c1cc(F)ccc1F. The van der Waals surface area contributed by atoms with E-state index in [1.165, 1.54) is 6.07 Å². The van der Waals surface area contributed by atoms with Crippen LogP contribution in [-0.4, -0.2) is 0 Å². The van der Waals surface area contributed by atoms with E-state index >= 15 is 0 Å². The van der Waals surface area contributed by atoms with Crippen molar-refractivity contribution in [3.63, 3.8) is 0 Å². The summed E-state index contributed by atoms with van der Waals surface area (Å²) in [5.74, 6) is -0.341. The van der Waals surface area contributed by atoms with Gasteiger partial charge in [0.2, 0.25) is 0 Å². The molecule has 0 bridgehead atoms. The van der Waals surface area contributed by atoms with Crippen LogP contribution in [0, 0.1) is 17.6 Å². The van der Waals surface area contributed by atoms with Gasteiger partial charge < -0.3 is 5.73 Å². The van der Waals surface area contributed by atoms with Crippen molar-refractivity contribution in [2.75, 3.05) is 0 Å². The van der Waals surface area contributed by atoms with Gasteiger partial charge in [0.15, 0.2) is 0 Å². The lowest BCUT2D eigenvalue weighted by molar-refractivity contribution is 0.487. The van der Waals surface area contributed by atoms with Crippen LogP contribution >= 0.6 is 0 Å². The molecule has 0 aliphatic carbocycles. The van der Waals surface area contributed by atoms with Crippen LogP contribution in [0.2, 0.25) is 0 Å². The van der Waals surface area contributed by atoms with Crippen LogP contribution in [0.5, 0.6) is 0 Å². The van der Waals surface area contributed by atoms with Crippen molar-refractivity contribution < 1.29 is 8.78 Å². The van der Waals surface area contributed by atoms with E-state index < -0.39 is 17.7 Å². The zero-order chi connectivity index (χ0) is 11.4. The first kappa shape index (κ1) is 12.1. The third-order valence-electron chi connectivity index (χ3n) is 2.41. The highest BCUT2D eigenvalue weighted by molar-refractivity contribution is 5.21. The summed E-state index contributed by atoms with van der Waals surface area (Å²) in [6, 6.07) is 3.00. The second kappa shape index (κ2) is 5.21. The van der Waals surface area contributed by atoms with E-state index in [4.69, 9.17) is 5.73 Å². The molecule has 0 aliphatic rings. The van der Waals surface area contributed by atoms with Gasteiger partial charge in [0.1, 0.15) is 11.6 Å². The van der Waals surface area contributed by atoms with E-state index in [9.17, 15) is 8.78 Å². The van der Waals surface area contributed by atoms with Gasteiger partial charge >= 0.3 is 0 Å². The highest BCUT2D eigenvalue weighted by Crippen LogP contribution is 2.21. The molecule has 2 N–H and O–H groups in total. The van der Waals surface area contributed by atoms with Gasteiger partial charge in [0.25, 0.3) is 0 Å². The summed E-state index contributed by atoms with van der Waals surface area (Å²) in [6.45, 7) is 4.16. The lowest BCUT2D eigenvalue weighted by Gasteiger charge is -2.14. The third-order valence-corrected chi connectivity index (χ3v) is 2.41. The fraction of sp³-hybridized carbons (Fsp3) is 0.500. The van der Waals surface area contributed by atoms with Crippen molar-refractivity contribution in [1.29, 1.82) is 0 Å². The average Bonchev–Trinajstić information content (AvgIpc) is 2.18. The lowest BCUT2D eigenvalue weighted by Crippen LogP contribution is -2.13. The number of benzene rings is 1. The van der Waals surface area contributed by atoms with E-state index in [1.807, 2.05) is 0 Å². The molecule has 0 spiro atoms. The van der Waals surface area contributed by atoms with Gasteiger partial charge in [-0.25, -0.2) is 8.78 Å². The molecule has 0 saturated heterocycles. The Bertz CT molecular complexity index is 323. The van der Waals surface area contributed by atoms with Crippen molar-refractivity contribution >= 4 is 0 Å². The van der Waals surface area contributed by atoms with Gasteiger partial charge in [-0.2, -0.15) is 0 Å². The van der Waals surface area contributed by atoms with E-state index in [0.717, 1.165) is 18.6 Å². The number of rotatable bonds is 4. The largest absolute Gasteiger partial charge is 0.324 e. The molecule has 1 atom stereocenters. The quantitative estimate of drug-likeness (QED) is 0.815. The van der Waals surface area contributed by atoms with Gasteiger partial charge in [-0.1, -0.05) is 13.8 Å².